The number of thioether (sulfide) groups is 1. The van der Waals surface area contributed by atoms with Gasteiger partial charge < -0.3 is 14.5 Å². The van der Waals surface area contributed by atoms with Crippen LogP contribution in [-0.2, 0) is 4.79 Å². The number of methoxy groups -OCH3 is 1. The number of imide groups is 1. The Kier molecular flexibility index (Phi) is 4.82. The van der Waals surface area contributed by atoms with Crippen LogP contribution in [0.3, 0.4) is 0 Å². The molecule has 2 unspecified atom stereocenters. The molecular weight excluding hydrogens is 368 g/mol. The molecule has 1 saturated carbocycles. The Labute approximate surface area is 160 Å². The molecule has 2 atom stereocenters. The van der Waals surface area contributed by atoms with Crippen LogP contribution in [-0.4, -0.2) is 46.9 Å². The van der Waals surface area contributed by atoms with Gasteiger partial charge in [0.2, 0.25) is 5.91 Å². The summed E-state index contributed by atoms with van der Waals surface area (Å²) in [6.07, 6.45) is 3.30. The Bertz CT molecular complexity index is 893. The molecule has 142 valence electrons. The average Bonchev–Trinajstić information content (AvgIpc) is 3.25. The molecule has 0 bridgehead atoms. The van der Waals surface area contributed by atoms with Crippen molar-refractivity contribution in [3.8, 4) is 5.75 Å². The number of carbonyl (C=O) groups is 3. The van der Waals surface area contributed by atoms with Crippen molar-refractivity contribution in [1.29, 1.82) is 0 Å². The van der Waals surface area contributed by atoms with Crippen LogP contribution in [0.4, 0.5) is 4.79 Å². The second-order valence-electron chi connectivity index (χ2n) is 6.74. The Hall–Kier alpha value is -2.48. The smallest absolute Gasteiger partial charge is 0.289 e. The van der Waals surface area contributed by atoms with E-state index in [0.717, 1.165) is 36.4 Å². The van der Waals surface area contributed by atoms with Crippen molar-refractivity contribution in [1.82, 2.24) is 10.2 Å². The Morgan fingerprint density at radius 2 is 2.11 bits per heavy atom. The second-order valence-corrected chi connectivity index (χ2v) is 7.67. The summed E-state index contributed by atoms with van der Waals surface area (Å²) in [4.78, 5) is 38.3. The lowest BCUT2D eigenvalue weighted by atomic mass is 9.89. The molecule has 4 rings (SSSR count). The fraction of sp³-hybridized carbons (Fsp3) is 0.421. The first-order valence-electron chi connectivity index (χ1n) is 8.94. The Balaban J connectivity index is 1.55. The normalized spacial score (nSPS) is 23.1. The summed E-state index contributed by atoms with van der Waals surface area (Å²) >= 11 is 1.02. The molecule has 2 aliphatic rings. The standard InChI is InChI=1S/C19H20N2O5S/c1-25-14-8-4-5-11-9-15(26-17(11)14)18(23)20-12-6-2-3-7-13(12)21-16(22)10-27-19(21)24/h4-5,8-9,12-13H,2-3,6-7,10H2,1H3,(H,20,23). The number of nitrogens with zero attached hydrogens (tertiary/aromatic N) is 1. The number of fused-ring (bicyclic) bond motifs is 1. The van der Waals surface area contributed by atoms with E-state index in [1.54, 1.807) is 19.2 Å². The highest BCUT2D eigenvalue weighted by molar-refractivity contribution is 8.14. The number of ether oxygens (including phenoxy) is 1. The lowest BCUT2D eigenvalue weighted by molar-refractivity contribution is -0.127. The molecule has 1 aromatic carbocycles. The molecule has 2 fully saturated rings. The summed E-state index contributed by atoms with van der Waals surface area (Å²) in [7, 11) is 1.55. The lowest BCUT2D eigenvalue weighted by Crippen LogP contribution is -2.54. The number of para-hydroxylation sites is 1. The molecule has 1 aliphatic carbocycles. The molecule has 1 saturated heterocycles. The minimum Gasteiger partial charge on any atom is -0.493 e. The van der Waals surface area contributed by atoms with E-state index in [4.69, 9.17) is 9.15 Å². The largest absolute Gasteiger partial charge is 0.493 e. The molecule has 1 aliphatic heterocycles. The minimum absolute atomic E-state index is 0.176. The molecule has 1 aromatic heterocycles. The molecular formula is C19H20N2O5S. The maximum atomic E-state index is 12.8. The zero-order chi connectivity index (χ0) is 19.0. The van der Waals surface area contributed by atoms with Gasteiger partial charge in [0.05, 0.1) is 24.9 Å². The van der Waals surface area contributed by atoms with Crippen LogP contribution >= 0.6 is 11.8 Å². The number of benzene rings is 1. The first-order chi connectivity index (χ1) is 13.1. The number of furan rings is 1. The van der Waals surface area contributed by atoms with E-state index in [2.05, 4.69) is 5.32 Å². The molecule has 1 N–H and O–H groups in total. The van der Waals surface area contributed by atoms with Crippen LogP contribution in [0.15, 0.2) is 28.7 Å². The van der Waals surface area contributed by atoms with Gasteiger partial charge in [0, 0.05) is 5.39 Å². The Morgan fingerprint density at radius 1 is 1.30 bits per heavy atom. The van der Waals surface area contributed by atoms with Crippen molar-refractivity contribution in [2.75, 3.05) is 12.9 Å². The van der Waals surface area contributed by atoms with Gasteiger partial charge in [-0.1, -0.05) is 36.7 Å². The third-order valence-electron chi connectivity index (χ3n) is 5.11. The number of hydrogen-bond donors (Lipinski definition) is 1. The number of hydrogen-bond acceptors (Lipinski definition) is 6. The van der Waals surface area contributed by atoms with Crippen molar-refractivity contribution in [3.05, 3.63) is 30.0 Å². The summed E-state index contributed by atoms with van der Waals surface area (Å²) < 4.78 is 11.0. The Morgan fingerprint density at radius 3 is 2.85 bits per heavy atom. The molecule has 7 nitrogen and oxygen atoms in total. The molecule has 0 spiro atoms. The van der Waals surface area contributed by atoms with E-state index < -0.39 is 0 Å². The zero-order valence-electron chi connectivity index (χ0n) is 14.9. The highest BCUT2D eigenvalue weighted by atomic mass is 32.2. The van der Waals surface area contributed by atoms with Crippen LogP contribution in [0, 0.1) is 0 Å². The van der Waals surface area contributed by atoms with E-state index in [1.807, 2.05) is 12.1 Å². The first kappa shape index (κ1) is 17.9. The van der Waals surface area contributed by atoms with Gasteiger partial charge in [0.1, 0.15) is 0 Å². The molecule has 8 heteroatoms. The second kappa shape index (κ2) is 7.26. The van der Waals surface area contributed by atoms with E-state index in [1.165, 1.54) is 4.90 Å². The summed E-state index contributed by atoms with van der Waals surface area (Å²) in [5.41, 5.74) is 0.520. The quantitative estimate of drug-likeness (QED) is 0.865. The maximum absolute atomic E-state index is 12.8. The summed E-state index contributed by atoms with van der Waals surface area (Å²) in [5.74, 6) is 0.403. The molecule has 2 aromatic rings. The van der Waals surface area contributed by atoms with Gasteiger partial charge in [-0.3, -0.25) is 19.3 Å². The van der Waals surface area contributed by atoms with Gasteiger partial charge in [-0.05, 0) is 25.0 Å². The van der Waals surface area contributed by atoms with Crippen LogP contribution < -0.4 is 10.1 Å². The van der Waals surface area contributed by atoms with E-state index >= 15 is 0 Å². The molecule has 27 heavy (non-hydrogen) atoms. The van der Waals surface area contributed by atoms with Gasteiger partial charge in [0.25, 0.3) is 11.1 Å². The molecule has 3 amide bonds. The van der Waals surface area contributed by atoms with Crippen molar-refractivity contribution >= 4 is 39.8 Å². The zero-order valence-corrected chi connectivity index (χ0v) is 15.7. The number of rotatable bonds is 4. The first-order valence-corrected chi connectivity index (χ1v) is 9.93. The van der Waals surface area contributed by atoms with Gasteiger partial charge in [-0.2, -0.15) is 0 Å². The fourth-order valence-corrected chi connectivity index (χ4v) is 4.58. The number of nitrogens with one attached hydrogen (secondary N) is 1. The highest BCUT2D eigenvalue weighted by Crippen LogP contribution is 2.31. The van der Waals surface area contributed by atoms with Crippen LogP contribution in [0.25, 0.3) is 11.0 Å². The predicted octanol–water partition coefficient (Wildman–Crippen LogP) is 3.18. The monoisotopic (exact) mass is 388 g/mol. The third kappa shape index (κ3) is 3.29. The van der Waals surface area contributed by atoms with Gasteiger partial charge >= 0.3 is 0 Å². The summed E-state index contributed by atoms with van der Waals surface area (Å²) in [5, 5.41) is 3.53. The third-order valence-corrected chi connectivity index (χ3v) is 5.95. The molecule has 2 heterocycles. The maximum Gasteiger partial charge on any atom is 0.289 e. The SMILES string of the molecule is COc1cccc2cc(C(=O)NC3CCCCC3N3C(=O)CSC3=O)oc12. The van der Waals surface area contributed by atoms with Crippen LogP contribution in [0.2, 0.25) is 0 Å². The highest BCUT2D eigenvalue weighted by Gasteiger charge is 2.41. The van der Waals surface area contributed by atoms with Crippen molar-refractivity contribution < 1.29 is 23.5 Å². The summed E-state index contributed by atoms with van der Waals surface area (Å²) in [6, 6.07) is 6.56. The van der Waals surface area contributed by atoms with Gasteiger partial charge in [0.15, 0.2) is 17.1 Å². The average molecular weight is 388 g/mol. The fourth-order valence-electron chi connectivity index (χ4n) is 3.82. The van der Waals surface area contributed by atoms with E-state index in [9.17, 15) is 14.4 Å². The lowest BCUT2D eigenvalue weighted by Gasteiger charge is -2.36. The molecule has 0 radical (unpaired) electrons. The van der Waals surface area contributed by atoms with Crippen molar-refractivity contribution in [2.45, 2.75) is 37.8 Å². The van der Waals surface area contributed by atoms with Crippen molar-refractivity contribution in [2.24, 2.45) is 0 Å². The van der Waals surface area contributed by atoms with E-state index in [-0.39, 0.29) is 40.7 Å². The van der Waals surface area contributed by atoms with Crippen LogP contribution in [0.5, 0.6) is 5.75 Å². The number of amides is 3. The van der Waals surface area contributed by atoms with Crippen molar-refractivity contribution in [3.63, 3.8) is 0 Å². The predicted molar refractivity (Wildman–Crippen MR) is 101 cm³/mol. The minimum atomic E-state index is -0.350. The van der Waals surface area contributed by atoms with Gasteiger partial charge in [-0.25, -0.2) is 0 Å². The van der Waals surface area contributed by atoms with Gasteiger partial charge in [-0.15, -0.1) is 0 Å². The van der Waals surface area contributed by atoms with Crippen LogP contribution in [0.1, 0.15) is 36.2 Å². The number of carbonyl (C=O) groups excluding carboxylic acids is 3. The topological polar surface area (TPSA) is 88.9 Å². The summed E-state index contributed by atoms with van der Waals surface area (Å²) in [6.45, 7) is 0. The van der Waals surface area contributed by atoms with E-state index in [0.29, 0.717) is 17.8 Å².